The van der Waals surface area contributed by atoms with Gasteiger partial charge in [0, 0.05) is 44.9 Å². The number of rotatable bonds is 9. The third-order valence-electron chi connectivity index (χ3n) is 10.5. The summed E-state index contributed by atoms with van der Waals surface area (Å²) in [6.45, 7) is 12.1. The van der Waals surface area contributed by atoms with Gasteiger partial charge in [0.15, 0.2) is 12.6 Å². The summed E-state index contributed by atoms with van der Waals surface area (Å²) in [7, 11) is 1.54. The zero-order chi connectivity index (χ0) is 35.4. The van der Waals surface area contributed by atoms with E-state index < -0.39 is 23.1 Å². The third-order valence-corrected chi connectivity index (χ3v) is 10.5. The molecule has 7 rings (SSSR count). The molecule has 0 radical (unpaired) electrons. The largest absolute Gasteiger partial charge is 0.468 e. The number of fused-ring (bicyclic) bond motifs is 4. The van der Waals surface area contributed by atoms with Crippen LogP contribution in [0.5, 0.6) is 11.8 Å². The minimum atomic E-state index is -0.909. The predicted octanol–water partition coefficient (Wildman–Crippen LogP) is 6.48. The van der Waals surface area contributed by atoms with Gasteiger partial charge in [0.1, 0.15) is 41.2 Å². The number of halogens is 2. The Labute approximate surface area is 292 Å². The first-order valence-electron chi connectivity index (χ1n) is 17.8. The number of pyridine rings is 1. The van der Waals surface area contributed by atoms with E-state index in [1.807, 2.05) is 51.7 Å². The number of hydrogen-bond acceptors (Lipinski definition) is 10. The first kappa shape index (κ1) is 34.6. The molecule has 2 bridgehead atoms. The van der Waals surface area contributed by atoms with Crippen LogP contribution in [0, 0.1) is 5.82 Å². The van der Waals surface area contributed by atoms with E-state index in [0.717, 1.165) is 37.8 Å². The van der Waals surface area contributed by atoms with Crippen molar-refractivity contribution in [3.63, 3.8) is 0 Å². The van der Waals surface area contributed by atoms with E-state index in [1.165, 1.54) is 0 Å². The number of hydrogen-bond donors (Lipinski definition) is 0. The van der Waals surface area contributed by atoms with Crippen molar-refractivity contribution in [1.82, 2.24) is 24.8 Å². The molecule has 1 amide bonds. The summed E-state index contributed by atoms with van der Waals surface area (Å²) in [6.07, 6.45) is 4.24. The molecule has 6 heterocycles. The molecular weight excluding hydrogens is 646 g/mol. The second-order valence-electron chi connectivity index (χ2n) is 15.5. The molecule has 1 aromatic carbocycles. The number of carbonyl (C=O) groups excluding carboxylic acids is 1. The fourth-order valence-corrected chi connectivity index (χ4v) is 8.31. The van der Waals surface area contributed by atoms with Crippen LogP contribution in [0.15, 0.2) is 24.4 Å². The molecule has 3 aromatic rings. The number of aromatic nitrogens is 3. The summed E-state index contributed by atoms with van der Waals surface area (Å²) in [6, 6.07) is 5.39. The molecule has 4 atom stereocenters. The zero-order valence-corrected chi connectivity index (χ0v) is 29.9. The first-order valence-corrected chi connectivity index (χ1v) is 17.8. The number of alkyl halides is 1. The van der Waals surface area contributed by atoms with Crippen molar-refractivity contribution in [3.8, 4) is 23.0 Å². The number of nitrogens with zero attached hydrogens (tertiary/aromatic N) is 6. The minimum Gasteiger partial charge on any atom is -0.468 e. The van der Waals surface area contributed by atoms with Crippen molar-refractivity contribution in [1.29, 1.82) is 0 Å². The minimum absolute atomic E-state index is 0.0373. The van der Waals surface area contributed by atoms with Crippen molar-refractivity contribution in [2.75, 3.05) is 51.6 Å². The maximum Gasteiger partial charge on any atom is 0.410 e. The van der Waals surface area contributed by atoms with Crippen LogP contribution >= 0.6 is 0 Å². The van der Waals surface area contributed by atoms with E-state index in [9.17, 15) is 9.18 Å². The average molecular weight is 695 g/mol. The lowest BCUT2D eigenvalue weighted by Crippen LogP contribution is -2.57. The van der Waals surface area contributed by atoms with Crippen molar-refractivity contribution < 1.29 is 32.5 Å². The number of benzene rings is 1. The van der Waals surface area contributed by atoms with Gasteiger partial charge in [-0.05, 0) is 76.6 Å². The highest BCUT2D eigenvalue weighted by atomic mass is 19.1. The molecule has 50 heavy (non-hydrogen) atoms. The average Bonchev–Trinajstić information content (AvgIpc) is 3.68. The lowest BCUT2D eigenvalue weighted by molar-refractivity contribution is 0.0122. The molecule has 11 nitrogen and oxygen atoms in total. The fraction of sp³-hybridized carbons (Fsp3) is 0.622. The number of anilines is 1. The SMILES string of the molecule is COCOc1ccc(C(C)C)c(-c2ncc3c(N4C[C@H]5CC[C@@H](C4)N5C(=O)OC(C)(C)C)nc(OCC45CCCN4CC(F)C5)nc3c2F)c1. The van der Waals surface area contributed by atoms with Gasteiger partial charge in [-0.3, -0.25) is 14.8 Å². The number of ether oxygens (including phenoxy) is 4. The maximum absolute atomic E-state index is 17.0. The summed E-state index contributed by atoms with van der Waals surface area (Å²) in [5.74, 6) is 0.513. The lowest BCUT2D eigenvalue weighted by atomic mass is 9.94. The second kappa shape index (κ2) is 13.4. The van der Waals surface area contributed by atoms with E-state index >= 15 is 4.39 Å². The molecule has 4 saturated heterocycles. The molecule has 2 unspecified atom stereocenters. The molecule has 0 N–H and O–H groups in total. The normalized spacial score (nSPS) is 25.1. The van der Waals surface area contributed by atoms with Gasteiger partial charge in [-0.2, -0.15) is 9.97 Å². The van der Waals surface area contributed by atoms with Crippen LogP contribution in [-0.4, -0.2) is 107 Å². The van der Waals surface area contributed by atoms with Gasteiger partial charge < -0.3 is 23.8 Å². The predicted molar refractivity (Wildman–Crippen MR) is 185 cm³/mol. The highest BCUT2D eigenvalue weighted by molar-refractivity contribution is 5.92. The molecule has 0 aliphatic carbocycles. The molecule has 4 fully saturated rings. The maximum atomic E-state index is 17.0. The topological polar surface area (TPSA) is 102 Å². The van der Waals surface area contributed by atoms with Crippen LogP contribution in [0.4, 0.5) is 19.4 Å². The van der Waals surface area contributed by atoms with E-state index in [2.05, 4.69) is 19.8 Å². The van der Waals surface area contributed by atoms with Crippen LogP contribution in [0.25, 0.3) is 22.2 Å². The molecule has 270 valence electrons. The van der Waals surface area contributed by atoms with E-state index in [1.54, 1.807) is 19.4 Å². The Bertz CT molecular complexity index is 1740. The molecule has 4 aliphatic heterocycles. The number of piperazine rings is 1. The van der Waals surface area contributed by atoms with Crippen LogP contribution in [0.3, 0.4) is 0 Å². The second-order valence-corrected chi connectivity index (χ2v) is 15.5. The quantitative estimate of drug-likeness (QED) is 0.231. The molecule has 13 heteroatoms. The summed E-state index contributed by atoms with van der Waals surface area (Å²) in [5.41, 5.74) is 0.706. The number of methoxy groups -OCH3 is 1. The Hall–Kier alpha value is -3.84. The fourth-order valence-electron chi connectivity index (χ4n) is 8.31. The third kappa shape index (κ3) is 6.54. The highest BCUT2D eigenvalue weighted by Gasteiger charge is 2.50. The van der Waals surface area contributed by atoms with Crippen LogP contribution in [0.2, 0.25) is 0 Å². The smallest absolute Gasteiger partial charge is 0.410 e. The van der Waals surface area contributed by atoms with Gasteiger partial charge in [-0.1, -0.05) is 19.9 Å². The summed E-state index contributed by atoms with van der Waals surface area (Å²) in [4.78, 5) is 33.6. The Morgan fingerprint density at radius 2 is 1.86 bits per heavy atom. The summed E-state index contributed by atoms with van der Waals surface area (Å²) >= 11 is 0. The standard InChI is InChI=1S/C37H48F2N6O5/c1-22(2)27-11-10-26(49-21-47-6)14-28(27)31-30(39)32-29(16-40-31)33(42-34(41-32)48-20-37-12-7-13-44(37)17-23(38)15-37)43-18-24-8-9-25(19-43)45(24)35(46)50-36(3,4)5/h10-11,14,16,22-25H,7-9,12-13,15,17-21H2,1-6H3/t23?,24-,25+,37?. The number of amides is 1. The molecular formula is C37H48F2N6O5. The molecule has 0 saturated carbocycles. The monoisotopic (exact) mass is 694 g/mol. The Kier molecular flexibility index (Phi) is 9.25. The van der Waals surface area contributed by atoms with Crippen LogP contribution in [-0.2, 0) is 9.47 Å². The van der Waals surface area contributed by atoms with Gasteiger partial charge in [0.25, 0.3) is 0 Å². The Balaban J connectivity index is 1.28. The summed E-state index contributed by atoms with van der Waals surface area (Å²) in [5, 5.41) is 0.451. The number of carbonyl (C=O) groups is 1. The van der Waals surface area contributed by atoms with E-state index in [4.69, 9.17) is 23.9 Å². The van der Waals surface area contributed by atoms with Crippen LogP contribution < -0.4 is 14.4 Å². The molecule has 4 aliphatic rings. The van der Waals surface area contributed by atoms with Crippen molar-refractivity contribution in [2.45, 2.75) is 102 Å². The Morgan fingerprint density at radius 3 is 2.56 bits per heavy atom. The van der Waals surface area contributed by atoms with Crippen molar-refractivity contribution in [2.24, 2.45) is 0 Å². The van der Waals surface area contributed by atoms with E-state index in [-0.39, 0.29) is 54.7 Å². The van der Waals surface area contributed by atoms with Crippen molar-refractivity contribution in [3.05, 3.63) is 35.8 Å². The first-order chi connectivity index (χ1) is 23.9. The van der Waals surface area contributed by atoms with Crippen molar-refractivity contribution >= 4 is 22.8 Å². The lowest BCUT2D eigenvalue weighted by Gasteiger charge is -2.42. The van der Waals surface area contributed by atoms with Gasteiger partial charge in [0.05, 0.1) is 23.0 Å². The Morgan fingerprint density at radius 1 is 1.10 bits per heavy atom. The van der Waals surface area contributed by atoms with Gasteiger partial charge in [-0.25, -0.2) is 13.6 Å². The molecule has 0 spiro atoms. The van der Waals surface area contributed by atoms with Gasteiger partial charge in [0.2, 0.25) is 0 Å². The van der Waals surface area contributed by atoms with Gasteiger partial charge >= 0.3 is 12.1 Å². The van der Waals surface area contributed by atoms with E-state index in [0.29, 0.717) is 48.6 Å². The van der Waals surface area contributed by atoms with Crippen LogP contribution in [0.1, 0.15) is 78.2 Å². The zero-order valence-electron chi connectivity index (χ0n) is 29.9. The van der Waals surface area contributed by atoms with Gasteiger partial charge in [-0.15, -0.1) is 0 Å². The highest BCUT2D eigenvalue weighted by Crippen LogP contribution is 2.42. The summed E-state index contributed by atoms with van der Waals surface area (Å²) < 4.78 is 54.5. The molecule has 2 aromatic heterocycles.